The van der Waals surface area contributed by atoms with Crippen LogP contribution in [0.5, 0.6) is 0 Å². The maximum Gasteiger partial charge on any atom is 0.405 e. The summed E-state index contributed by atoms with van der Waals surface area (Å²) in [6.45, 7) is 6.07. The first kappa shape index (κ1) is 16.5. The summed E-state index contributed by atoms with van der Waals surface area (Å²) in [6.07, 6.45) is 0.264. The van der Waals surface area contributed by atoms with E-state index in [1.165, 1.54) is 11.6 Å². The molecule has 2 aromatic rings. The zero-order valence-electron chi connectivity index (χ0n) is 14.2. The SMILES string of the molecule is CCc1cccc(-c2cc3c(cc2F)C(OC(N)=O)C(C)(C)C3)c1. The molecule has 0 radical (unpaired) electrons. The van der Waals surface area contributed by atoms with Crippen LogP contribution in [0.1, 0.15) is 43.6 Å². The van der Waals surface area contributed by atoms with Crippen LogP contribution in [0.25, 0.3) is 11.1 Å². The Bertz CT molecular complexity index is 798. The average Bonchev–Trinajstić information content (AvgIpc) is 2.76. The molecule has 0 heterocycles. The number of rotatable bonds is 3. The lowest BCUT2D eigenvalue weighted by Gasteiger charge is -2.26. The van der Waals surface area contributed by atoms with Gasteiger partial charge in [-0.15, -0.1) is 0 Å². The van der Waals surface area contributed by atoms with Crippen molar-refractivity contribution in [3.8, 4) is 11.1 Å². The molecule has 3 nitrogen and oxygen atoms in total. The van der Waals surface area contributed by atoms with Crippen molar-refractivity contribution < 1.29 is 13.9 Å². The number of hydrogen-bond acceptors (Lipinski definition) is 2. The van der Waals surface area contributed by atoms with Crippen molar-refractivity contribution in [1.82, 2.24) is 0 Å². The normalized spacial score (nSPS) is 18.2. The fraction of sp³-hybridized carbons (Fsp3) is 0.350. The highest BCUT2D eigenvalue weighted by molar-refractivity contribution is 5.68. The van der Waals surface area contributed by atoms with Gasteiger partial charge < -0.3 is 10.5 Å². The quantitative estimate of drug-likeness (QED) is 0.882. The van der Waals surface area contributed by atoms with Crippen molar-refractivity contribution in [1.29, 1.82) is 0 Å². The molecule has 0 aromatic heterocycles. The summed E-state index contributed by atoms with van der Waals surface area (Å²) in [6, 6.07) is 11.3. The van der Waals surface area contributed by atoms with Gasteiger partial charge in [-0.05, 0) is 47.2 Å². The van der Waals surface area contributed by atoms with Gasteiger partial charge in [0, 0.05) is 11.0 Å². The molecular formula is C20H22FNO2. The Kier molecular flexibility index (Phi) is 4.08. The van der Waals surface area contributed by atoms with E-state index in [4.69, 9.17) is 10.5 Å². The maximum atomic E-state index is 14.8. The molecule has 1 amide bonds. The summed E-state index contributed by atoms with van der Waals surface area (Å²) in [7, 11) is 0. The topological polar surface area (TPSA) is 52.3 Å². The van der Waals surface area contributed by atoms with E-state index < -0.39 is 12.2 Å². The van der Waals surface area contributed by atoms with E-state index in [-0.39, 0.29) is 11.2 Å². The van der Waals surface area contributed by atoms with Crippen LogP contribution < -0.4 is 5.73 Å². The molecular weight excluding hydrogens is 305 g/mol. The highest BCUT2D eigenvalue weighted by Gasteiger charge is 2.42. The molecule has 1 aliphatic rings. The Morgan fingerprint density at radius 1 is 1.33 bits per heavy atom. The molecule has 126 valence electrons. The van der Waals surface area contributed by atoms with Gasteiger partial charge in [0.15, 0.2) is 0 Å². The Morgan fingerprint density at radius 2 is 2.08 bits per heavy atom. The van der Waals surface area contributed by atoms with Gasteiger partial charge in [-0.2, -0.15) is 0 Å². The van der Waals surface area contributed by atoms with Crippen LogP contribution in [0.15, 0.2) is 36.4 Å². The second kappa shape index (κ2) is 5.93. The smallest absolute Gasteiger partial charge is 0.405 e. The minimum Gasteiger partial charge on any atom is -0.441 e. The fourth-order valence-electron chi connectivity index (χ4n) is 3.55. The largest absolute Gasteiger partial charge is 0.441 e. The summed E-state index contributed by atoms with van der Waals surface area (Å²) in [5.41, 5.74) is 9.21. The van der Waals surface area contributed by atoms with Crippen LogP contribution in [0.2, 0.25) is 0 Å². The molecule has 0 spiro atoms. The minimum absolute atomic E-state index is 0.308. The standard InChI is InChI=1S/C20H22FNO2/c1-4-12-6-5-7-13(8-12)15-9-14-11-20(2,3)18(24-19(22)23)16(14)10-17(15)21/h5-10,18H,4,11H2,1-3H3,(H2,22,23). The average molecular weight is 327 g/mol. The van der Waals surface area contributed by atoms with E-state index in [9.17, 15) is 9.18 Å². The number of aryl methyl sites for hydroxylation is 1. The lowest BCUT2D eigenvalue weighted by Crippen LogP contribution is -2.25. The first-order chi connectivity index (χ1) is 11.3. The highest BCUT2D eigenvalue weighted by Crippen LogP contribution is 2.48. The van der Waals surface area contributed by atoms with E-state index >= 15 is 0 Å². The van der Waals surface area contributed by atoms with Gasteiger partial charge in [-0.1, -0.05) is 45.0 Å². The Morgan fingerprint density at radius 3 is 2.75 bits per heavy atom. The third-order valence-corrected chi connectivity index (χ3v) is 4.75. The van der Waals surface area contributed by atoms with Gasteiger partial charge >= 0.3 is 6.09 Å². The van der Waals surface area contributed by atoms with E-state index in [0.717, 1.165) is 17.5 Å². The number of benzene rings is 2. The van der Waals surface area contributed by atoms with Gasteiger partial charge in [-0.3, -0.25) is 0 Å². The molecule has 24 heavy (non-hydrogen) atoms. The molecule has 0 aliphatic heterocycles. The van der Waals surface area contributed by atoms with Crippen molar-refractivity contribution in [3.05, 3.63) is 58.9 Å². The van der Waals surface area contributed by atoms with Gasteiger partial charge in [0.25, 0.3) is 0 Å². The molecule has 4 heteroatoms. The number of nitrogens with two attached hydrogens (primary N) is 1. The number of amides is 1. The molecule has 2 aromatic carbocycles. The second-order valence-corrected chi connectivity index (χ2v) is 7.07. The molecule has 0 saturated carbocycles. The van der Waals surface area contributed by atoms with Crippen LogP contribution in [0, 0.1) is 11.2 Å². The van der Waals surface area contributed by atoms with E-state index in [2.05, 4.69) is 6.92 Å². The molecule has 1 aliphatic carbocycles. The number of carbonyl (C=O) groups is 1. The third-order valence-electron chi connectivity index (χ3n) is 4.75. The lowest BCUT2D eigenvalue weighted by molar-refractivity contribution is 0.0391. The molecule has 3 rings (SSSR count). The maximum absolute atomic E-state index is 14.8. The van der Waals surface area contributed by atoms with Crippen molar-refractivity contribution in [2.75, 3.05) is 0 Å². The van der Waals surface area contributed by atoms with Crippen LogP contribution >= 0.6 is 0 Å². The van der Waals surface area contributed by atoms with E-state index in [1.54, 1.807) is 0 Å². The summed E-state index contributed by atoms with van der Waals surface area (Å²) in [4.78, 5) is 11.2. The highest BCUT2D eigenvalue weighted by atomic mass is 19.1. The molecule has 0 bridgehead atoms. The zero-order valence-corrected chi connectivity index (χ0v) is 14.2. The van der Waals surface area contributed by atoms with Crippen molar-refractivity contribution in [2.45, 2.75) is 39.7 Å². The summed E-state index contributed by atoms with van der Waals surface area (Å²) in [5, 5.41) is 0. The van der Waals surface area contributed by atoms with Gasteiger partial charge in [0.1, 0.15) is 11.9 Å². The predicted octanol–water partition coefficient (Wildman–Crippen LogP) is 4.77. The first-order valence-corrected chi connectivity index (χ1v) is 8.19. The van der Waals surface area contributed by atoms with Gasteiger partial charge in [-0.25, -0.2) is 9.18 Å². The number of carbonyl (C=O) groups excluding carboxylic acids is 1. The Hall–Kier alpha value is -2.36. The van der Waals surface area contributed by atoms with E-state index in [0.29, 0.717) is 17.5 Å². The van der Waals surface area contributed by atoms with Crippen molar-refractivity contribution in [3.63, 3.8) is 0 Å². The predicted molar refractivity (Wildman–Crippen MR) is 92.1 cm³/mol. The number of ether oxygens (including phenoxy) is 1. The van der Waals surface area contributed by atoms with Crippen LogP contribution in [0.4, 0.5) is 9.18 Å². The minimum atomic E-state index is -0.832. The van der Waals surface area contributed by atoms with Crippen LogP contribution in [0.3, 0.4) is 0 Å². The van der Waals surface area contributed by atoms with Crippen LogP contribution in [-0.4, -0.2) is 6.09 Å². The van der Waals surface area contributed by atoms with Crippen molar-refractivity contribution >= 4 is 6.09 Å². The molecule has 1 unspecified atom stereocenters. The first-order valence-electron chi connectivity index (χ1n) is 8.19. The van der Waals surface area contributed by atoms with Crippen molar-refractivity contribution in [2.24, 2.45) is 11.1 Å². The summed E-state index contributed by atoms with van der Waals surface area (Å²) >= 11 is 0. The Balaban J connectivity index is 2.07. The molecule has 0 fully saturated rings. The van der Waals surface area contributed by atoms with Crippen LogP contribution in [-0.2, 0) is 17.6 Å². The number of fused-ring (bicyclic) bond motifs is 1. The molecule has 0 saturated heterocycles. The zero-order chi connectivity index (χ0) is 17.5. The molecule has 2 N–H and O–H groups in total. The molecule has 1 atom stereocenters. The number of primary amides is 1. The number of hydrogen-bond donors (Lipinski definition) is 1. The second-order valence-electron chi connectivity index (χ2n) is 7.07. The monoisotopic (exact) mass is 327 g/mol. The van der Waals surface area contributed by atoms with Gasteiger partial charge in [0.05, 0.1) is 0 Å². The lowest BCUT2D eigenvalue weighted by atomic mass is 9.87. The third kappa shape index (κ3) is 2.88. The fourth-order valence-corrected chi connectivity index (χ4v) is 3.55. The Labute approximate surface area is 141 Å². The van der Waals surface area contributed by atoms with E-state index in [1.807, 2.05) is 44.2 Å². The number of halogens is 1. The van der Waals surface area contributed by atoms with Gasteiger partial charge in [0.2, 0.25) is 0 Å². The summed E-state index contributed by atoms with van der Waals surface area (Å²) < 4.78 is 20.0. The summed E-state index contributed by atoms with van der Waals surface area (Å²) in [5.74, 6) is -0.308.